The smallest absolute Gasteiger partial charge is 0.251 e. The minimum atomic E-state index is -0.485. The topological polar surface area (TPSA) is 103 Å². The fraction of sp³-hybridized carbons (Fsp3) is 0.333. The third kappa shape index (κ3) is 5.36. The van der Waals surface area contributed by atoms with Gasteiger partial charge in [0.05, 0.1) is 11.3 Å². The Kier molecular flexibility index (Phi) is 7.29. The van der Waals surface area contributed by atoms with E-state index in [0.29, 0.717) is 34.6 Å². The van der Waals surface area contributed by atoms with Gasteiger partial charge >= 0.3 is 0 Å². The van der Waals surface area contributed by atoms with E-state index in [1.54, 1.807) is 6.08 Å². The molecule has 0 bridgehead atoms. The van der Waals surface area contributed by atoms with Crippen LogP contribution in [0.1, 0.15) is 45.5 Å². The van der Waals surface area contributed by atoms with Crippen LogP contribution in [-0.4, -0.2) is 32.3 Å². The number of anilines is 1. The van der Waals surface area contributed by atoms with Gasteiger partial charge in [0.25, 0.3) is 5.91 Å². The van der Waals surface area contributed by atoms with E-state index in [2.05, 4.69) is 29.0 Å². The van der Waals surface area contributed by atoms with Crippen LogP contribution >= 0.6 is 23.1 Å². The van der Waals surface area contributed by atoms with Crippen LogP contribution in [0.15, 0.2) is 48.1 Å². The molecule has 2 heterocycles. The van der Waals surface area contributed by atoms with Gasteiger partial charge in [-0.15, -0.1) is 28.1 Å². The van der Waals surface area contributed by atoms with Gasteiger partial charge in [-0.25, -0.2) is 0 Å². The molecule has 0 saturated heterocycles. The average Bonchev–Trinajstić information content (AvgIpc) is 3.33. The van der Waals surface area contributed by atoms with E-state index in [1.165, 1.54) is 23.1 Å². The molecular formula is C24H27N5O2S2. The highest BCUT2D eigenvalue weighted by atomic mass is 32.2. The number of rotatable bonds is 9. The first-order valence-corrected chi connectivity index (χ1v) is 12.7. The Morgan fingerprint density at radius 1 is 1.33 bits per heavy atom. The highest BCUT2D eigenvalue weighted by Crippen LogP contribution is 2.39. The first-order valence-electron chi connectivity index (χ1n) is 10.9. The summed E-state index contributed by atoms with van der Waals surface area (Å²) in [5.41, 5.74) is 8.27. The molecule has 4 rings (SSSR count). The molecule has 9 heteroatoms. The van der Waals surface area contributed by atoms with Crippen LogP contribution < -0.4 is 11.1 Å². The second-order valence-electron chi connectivity index (χ2n) is 8.22. The summed E-state index contributed by atoms with van der Waals surface area (Å²) in [4.78, 5) is 26.0. The van der Waals surface area contributed by atoms with Crippen molar-refractivity contribution >= 4 is 39.9 Å². The molecule has 0 radical (unpaired) electrons. The number of hydrogen-bond donors (Lipinski definition) is 2. The highest BCUT2D eigenvalue weighted by Gasteiger charge is 2.27. The summed E-state index contributed by atoms with van der Waals surface area (Å²) < 4.78 is 1.97. The molecule has 2 amide bonds. The molecule has 1 aliphatic carbocycles. The molecule has 33 heavy (non-hydrogen) atoms. The van der Waals surface area contributed by atoms with Gasteiger partial charge in [-0.1, -0.05) is 55.1 Å². The lowest BCUT2D eigenvalue weighted by Crippen LogP contribution is -2.20. The average molecular weight is 482 g/mol. The number of fused-ring (bicyclic) bond motifs is 1. The number of aromatic nitrogens is 3. The Balaban J connectivity index is 1.45. The summed E-state index contributed by atoms with van der Waals surface area (Å²) in [7, 11) is 0. The lowest BCUT2D eigenvalue weighted by atomic mass is 9.88. The summed E-state index contributed by atoms with van der Waals surface area (Å²) >= 11 is 2.79. The highest BCUT2D eigenvalue weighted by molar-refractivity contribution is 7.99. The van der Waals surface area contributed by atoms with Gasteiger partial charge in [-0.2, -0.15) is 0 Å². The van der Waals surface area contributed by atoms with Gasteiger partial charge in [-0.3, -0.25) is 9.59 Å². The first kappa shape index (κ1) is 23.3. The predicted molar refractivity (Wildman–Crippen MR) is 133 cm³/mol. The van der Waals surface area contributed by atoms with E-state index >= 15 is 0 Å². The molecule has 0 aliphatic heterocycles. The normalized spacial score (nSPS) is 15.1. The van der Waals surface area contributed by atoms with E-state index < -0.39 is 5.91 Å². The second-order valence-corrected chi connectivity index (χ2v) is 10.3. The lowest BCUT2D eigenvalue weighted by molar-refractivity contribution is -0.113. The Labute approximate surface area is 201 Å². The maximum absolute atomic E-state index is 12.7. The predicted octanol–water partition coefficient (Wildman–Crippen LogP) is 4.07. The number of thioether (sulfide) groups is 1. The van der Waals surface area contributed by atoms with Crippen molar-refractivity contribution in [2.75, 3.05) is 11.1 Å². The van der Waals surface area contributed by atoms with Crippen LogP contribution in [0, 0.1) is 5.92 Å². The summed E-state index contributed by atoms with van der Waals surface area (Å²) in [6.07, 6.45) is 5.20. The maximum Gasteiger partial charge on any atom is 0.251 e. The van der Waals surface area contributed by atoms with Crippen LogP contribution in [0.3, 0.4) is 0 Å². The van der Waals surface area contributed by atoms with Crippen molar-refractivity contribution in [2.24, 2.45) is 11.7 Å². The molecule has 3 N–H and O–H groups in total. The molecule has 1 aromatic carbocycles. The number of allylic oxidation sites excluding steroid dienone is 1. The van der Waals surface area contributed by atoms with Crippen LogP contribution in [-0.2, 0) is 30.6 Å². The molecule has 0 spiro atoms. The van der Waals surface area contributed by atoms with Crippen molar-refractivity contribution in [3.05, 3.63) is 70.4 Å². The minimum absolute atomic E-state index is 0.151. The first-order chi connectivity index (χ1) is 16.0. The fourth-order valence-corrected chi connectivity index (χ4v) is 6.24. The van der Waals surface area contributed by atoms with E-state index in [9.17, 15) is 9.59 Å². The number of amides is 2. The van der Waals surface area contributed by atoms with Gasteiger partial charge in [0.15, 0.2) is 5.16 Å². The number of nitrogens with zero attached hydrogens (tertiary/aromatic N) is 3. The molecule has 1 aliphatic rings. The van der Waals surface area contributed by atoms with Gasteiger partial charge in [0.2, 0.25) is 5.91 Å². The van der Waals surface area contributed by atoms with Crippen LogP contribution in [0.4, 0.5) is 5.00 Å². The Morgan fingerprint density at radius 2 is 2.12 bits per heavy atom. The number of nitrogens with two attached hydrogens (primary N) is 1. The van der Waals surface area contributed by atoms with Crippen molar-refractivity contribution < 1.29 is 9.59 Å². The lowest BCUT2D eigenvalue weighted by Gasteiger charge is -2.18. The minimum Gasteiger partial charge on any atom is -0.365 e. The maximum atomic E-state index is 12.7. The van der Waals surface area contributed by atoms with Crippen molar-refractivity contribution in [1.82, 2.24) is 14.8 Å². The quantitative estimate of drug-likeness (QED) is 0.354. The summed E-state index contributed by atoms with van der Waals surface area (Å²) in [5, 5.41) is 12.8. The Hall–Kier alpha value is -2.91. The van der Waals surface area contributed by atoms with E-state index in [-0.39, 0.29) is 11.7 Å². The number of nitrogens with one attached hydrogen (secondary N) is 1. The number of thiophene rings is 1. The molecule has 1 unspecified atom stereocenters. The van der Waals surface area contributed by atoms with Crippen molar-refractivity contribution in [2.45, 2.75) is 44.3 Å². The molecule has 3 aromatic rings. The standard InChI is InChI=1S/C24H27N5O2S2/c1-3-11-29-19(13-16-7-5-4-6-8-16)27-28-24(29)32-14-20(30)26-23-21(22(25)31)17-10-9-15(2)12-18(17)33-23/h3-8,15H,1,9-14H2,2H3,(H2,25,31)(H,26,30). The number of carbonyl (C=O) groups excluding carboxylic acids is 2. The third-order valence-electron chi connectivity index (χ3n) is 5.65. The van der Waals surface area contributed by atoms with Crippen LogP contribution in [0.2, 0.25) is 0 Å². The second kappa shape index (κ2) is 10.4. The Bertz CT molecular complexity index is 1170. The van der Waals surface area contributed by atoms with Gasteiger partial charge < -0.3 is 15.6 Å². The van der Waals surface area contributed by atoms with E-state index in [1.807, 2.05) is 34.9 Å². The summed E-state index contributed by atoms with van der Waals surface area (Å²) in [6.45, 7) is 6.59. The van der Waals surface area contributed by atoms with Gasteiger partial charge in [-0.05, 0) is 36.3 Å². The third-order valence-corrected chi connectivity index (χ3v) is 7.79. The zero-order valence-electron chi connectivity index (χ0n) is 18.5. The van der Waals surface area contributed by atoms with Gasteiger partial charge in [0.1, 0.15) is 10.8 Å². The fourth-order valence-electron chi connectivity index (χ4n) is 4.04. The van der Waals surface area contributed by atoms with Gasteiger partial charge in [0, 0.05) is 17.8 Å². The molecule has 172 valence electrons. The number of benzene rings is 1. The summed E-state index contributed by atoms with van der Waals surface area (Å²) in [6, 6.07) is 10.1. The van der Waals surface area contributed by atoms with Crippen LogP contribution in [0.25, 0.3) is 0 Å². The van der Waals surface area contributed by atoms with Crippen molar-refractivity contribution in [3.63, 3.8) is 0 Å². The molecule has 2 aromatic heterocycles. The van der Waals surface area contributed by atoms with Crippen LogP contribution in [0.5, 0.6) is 0 Å². The zero-order valence-corrected chi connectivity index (χ0v) is 20.2. The van der Waals surface area contributed by atoms with Crippen molar-refractivity contribution in [3.8, 4) is 0 Å². The molecule has 0 saturated carbocycles. The SMILES string of the molecule is C=CCn1c(Cc2ccccc2)nnc1SCC(=O)Nc1sc2c(c1C(N)=O)CCC(C)C2. The number of primary amides is 1. The number of hydrogen-bond acceptors (Lipinski definition) is 6. The molecule has 7 nitrogen and oxygen atoms in total. The summed E-state index contributed by atoms with van der Waals surface area (Å²) in [5.74, 6) is 0.850. The van der Waals surface area contributed by atoms with E-state index in [4.69, 9.17) is 5.73 Å². The zero-order chi connectivity index (χ0) is 23.4. The molecular weight excluding hydrogens is 454 g/mol. The molecule has 1 atom stereocenters. The Morgan fingerprint density at radius 3 is 2.85 bits per heavy atom. The number of carbonyl (C=O) groups is 2. The largest absolute Gasteiger partial charge is 0.365 e. The molecule has 0 fully saturated rings. The van der Waals surface area contributed by atoms with E-state index in [0.717, 1.165) is 41.1 Å². The van der Waals surface area contributed by atoms with Crippen molar-refractivity contribution in [1.29, 1.82) is 0 Å². The monoisotopic (exact) mass is 481 g/mol.